The van der Waals surface area contributed by atoms with Gasteiger partial charge < -0.3 is 0 Å². The first kappa shape index (κ1) is 24.5. The summed E-state index contributed by atoms with van der Waals surface area (Å²) in [7, 11) is -1.19. The number of hydrogen-bond acceptors (Lipinski definition) is 0. The Kier molecular flexibility index (Phi) is 14.9. The smallest absolute Gasteiger partial charge is 0.0654 e. The number of benzene rings is 1. The fraction of sp³-hybridized carbons (Fsp3) is 0.769. The Morgan fingerprint density at radius 1 is 0.519 bits per heavy atom. The Bertz CT molecular complexity index is 423. The second kappa shape index (κ2) is 16.4. The molecular formula is C26H48Si. The molecule has 0 amide bonds. The molecule has 0 heterocycles. The van der Waals surface area contributed by atoms with Crippen molar-refractivity contribution in [3.05, 3.63) is 30.3 Å². The molecule has 1 heteroatoms. The number of hydrogen-bond donors (Lipinski definition) is 0. The van der Waals surface area contributed by atoms with Crippen LogP contribution in [0.2, 0.25) is 19.1 Å². The van der Waals surface area contributed by atoms with Crippen molar-refractivity contribution in [2.24, 2.45) is 0 Å². The first-order chi connectivity index (χ1) is 13.2. The van der Waals surface area contributed by atoms with E-state index in [2.05, 4.69) is 50.3 Å². The maximum absolute atomic E-state index is 2.54. The van der Waals surface area contributed by atoms with Crippen molar-refractivity contribution in [1.29, 1.82) is 0 Å². The predicted octanol–water partition coefficient (Wildman–Crippen LogP) is 8.86. The topological polar surface area (TPSA) is 0 Å². The third-order valence-corrected chi connectivity index (χ3v) is 9.71. The van der Waals surface area contributed by atoms with Crippen molar-refractivity contribution in [2.75, 3.05) is 0 Å². The van der Waals surface area contributed by atoms with E-state index in [1.54, 1.807) is 5.19 Å². The van der Waals surface area contributed by atoms with E-state index in [1.165, 1.54) is 109 Å². The van der Waals surface area contributed by atoms with Crippen LogP contribution >= 0.6 is 0 Å². The van der Waals surface area contributed by atoms with Gasteiger partial charge in [-0.25, -0.2) is 0 Å². The van der Waals surface area contributed by atoms with E-state index in [0.717, 1.165) is 0 Å². The summed E-state index contributed by atoms with van der Waals surface area (Å²) in [6, 6.07) is 12.7. The van der Waals surface area contributed by atoms with Crippen LogP contribution in [0.15, 0.2) is 30.3 Å². The SMILES string of the molecule is CCCCCCCCCCCCCCCCCC[Si](C)(C)c1ccccc1. The summed E-state index contributed by atoms with van der Waals surface area (Å²) in [4.78, 5) is 0. The standard InChI is InChI=1S/C26H48Si/c1-4-5-6-7-8-9-10-11-12-13-14-15-16-17-18-22-25-27(2,3)26-23-20-19-21-24-26/h19-21,23-24H,4-18,22,25H2,1-3H3. The van der Waals surface area contributed by atoms with Gasteiger partial charge in [0.2, 0.25) is 0 Å². The Hall–Kier alpha value is -0.563. The van der Waals surface area contributed by atoms with E-state index in [4.69, 9.17) is 0 Å². The maximum atomic E-state index is 2.54. The lowest BCUT2D eigenvalue weighted by Crippen LogP contribution is -2.40. The van der Waals surface area contributed by atoms with Gasteiger partial charge in [-0.3, -0.25) is 0 Å². The lowest BCUT2D eigenvalue weighted by Gasteiger charge is -2.22. The van der Waals surface area contributed by atoms with E-state index < -0.39 is 8.07 Å². The molecule has 156 valence electrons. The van der Waals surface area contributed by atoms with E-state index >= 15 is 0 Å². The molecule has 27 heavy (non-hydrogen) atoms. The summed E-state index contributed by atoms with van der Waals surface area (Å²) in [5.74, 6) is 0. The summed E-state index contributed by atoms with van der Waals surface area (Å²) in [5, 5.41) is 1.63. The van der Waals surface area contributed by atoms with E-state index in [9.17, 15) is 0 Å². The van der Waals surface area contributed by atoms with Crippen LogP contribution < -0.4 is 5.19 Å². The largest absolute Gasteiger partial charge is 0.0806 e. The quantitative estimate of drug-likeness (QED) is 0.174. The summed E-state index contributed by atoms with van der Waals surface area (Å²) in [6.07, 6.45) is 23.3. The minimum Gasteiger partial charge on any atom is -0.0654 e. The molecule has 1 aromatic rings. The zero-order valence-corrected chi connectivity index (χ0v) is 19.9. The molecule has 0 saturated heterocycles. The van der Waals surface area contributed by atoms with E-state index in [-0.39, 0.29) is 0 Å². The molecule has 0 radical (unpaired) electrons. The lowest BCUT2D eigenvalue weighted by molar-refractivity contribution is 0.531. The van der Waals surface area contributed by atoms with Crippen LogP contribution in [0.25, 0.3) is 0 Å². The predicted molar refractivity (Wildman–Crippen MR) is 128 cm³/mol. The molecule has 0 aliphatic carbocycles. The molecule has 0 atom stereocenters. The molecule has 0 saturated carbocycles. The molecule has 0 unspecified atom stereocenters. The summed E-state index contributed by atoms with van der Waals surface area (Å²) in [5.41, 5.74) is 0. The molecule has 0 nitrogen and oxygen atoms in total. The molecule has 0 spiro atoms. The van der Waals surface area contributed by atoms with Crippen molar-refractivity contribution >= 4 is 13.3 Å². The van der Waals surface area contributed by atoms with Crippen molar-refractivity contribution in [3.8, 4) is 0 Å². The van der Waals surface area contributed by atoms with Gasteiger partial charge in [-0.1, -0.05) is 164 Å². The van der Waals surface area contributed by atoms with Gasteiger partial charge in [0.25, 0.3) is 0 Å². The highest BCUT2D eigenvalue weighted by Gasteiger charge is 2.21. The first-order valence-electron chi connectivity index (χ1n) is 12.2. The third-order valence-electron chi connectivity index (χ3n) is 6.21. The van der Waals surface area contributed by atoms with E-state index in [0.29, 0.717) is 0 Å². The minimum atomic E-state index is -1.19. The highest BCUT2D eigenvalue weighted by Crippen LogP contribution is 2.17. The van der Waals surface area contributed by atoms with Crippen LogP contribution in [0.3, 0.4) is 0 Å². The number of unbranched alkanes of at least 4 members (excludes halogenated alkanes) is 15. The maximum Gasteiger partial charge on any atom is 0.0806 e. The van der Waals surface area contributed by atoms with Crippen LogP contribution in [0.1, 0.15) is 110 Å². The molecule has 1 aromatic carbocycles. The summed E-state index contributed by atoms with van der Waals surface area (Å²) in [6.45, 7) is 7.37. The Balaban J connectivity index is 1.83. The second-order valence-electron chi connectivity index (χ2n) is 9.30. The van der Waals surface area contributed by atoms with Gasteiger partial charge >= 0.3 is 0 Å². The minimum absolute atomic E-state index is 1.19. The van der Waals surface area contributed by atoms with Crippen LogP contribution in [-0.2, 0) is 0 Å². The van der Waals surface area contributed by atoms with Crippen LogP contribution in [0.4, 0.5) is 0 Å². The molecule has 1 rings (SSSR count). The van der Waals surface area contributed by atoms with Crippen molar-refractivity contribution in [2.45, 2.75) is 129 Å². The highest BCUT2D eigenvalue weighted by atomic mass is 28.3. The van der Waals surface area contributed by atoms with Crippen molar-refractivity contribution in [1.82, 2.24) is 0 Å². The van der Waals surface area contributed by atoms with Crippen LogP contribution in [0, 0.1) is 0 Å². The zero-order valence-electron chi connectivity index (χ0n) is 18.9. The van der Waals surface area contributed by atoms with Gasteiger partial charge in [-0.05, 0) is 0 Å². The Morgan fingerprint density at radius 2 is 0.889 bits per heavy atom. The van der Waals surface area contributed by atoms with Gasteiger partial charge in [0, 0.05) is 0 Å². The van der Waals surface area contributed by atoms with Gasteiger partial charge in [0.15, 0.2) is 0 Å². The fourth-order valence-corrected chi connectivity index (χ4v) is 6.67. The summed E-state index contributed by atoms with van der Waals surface area (Å²) >= 11 is 0. The van der Waals surface area contributed by atoms with E-state index in [1.807, 2.05) is 0 Å². The molecule has 0 aromatic heterocycles. The summed E-state index contributed by atoms with van der Waals surface area (Å²) < 4.78 is 0. The second-order valence-corrected chi connectivity index (χ2v) is 14.1. The van der Waals surface area contributed by atoms with Gasteiger partial charge in [0.1, 0.15) is 0 Å². The average molecular weight is 389 g/mol. The van der Waals surface area contributed by atoms with Gasteiger partial charge in [-0.15, -0.1) is 0 Å². The van der Waals surface area contributed by atoms with Crippen molar-refractivity contribution in [3.63, 3.8) is 0 Å². The third kappa shape index (κ3) is 13.3. The highest BCUT2D eigenvalue weighted by molar-refractivity contribution is 6.89. The first-order valence-corrected chi connectivity index (χ1v) is 15.4. The molecule has 0 aliphatic rings. The zero-order chi connectivity index (χ0) is 19.6. The normalized spacial score (nSPS) is 11.8. The molecule has 0 aliphatic heterocycles. The Labute approximate surface area is 172 Å². The van der Waals surface area contributed by atoms with Gasteiger partial charge in [0.05, 0.1) is 8.07 Å². The van der Waals surface area contributed by atoms with Gasteiger partial charge in [-0.2, -0.15) is 0 Å². The fourth-order valence-electron chi connectivity index (χ4n) is 4.15. The number of rotatable bonds is 18. The van der Waals surface area contributed by atoms with Crippen molar-refractivity contribution < 1.29 is 0 Å². The molecule has 0 bridgehead atoms. The van der Waals surface area contributed by atoms with Crippen LogP contribution in [0.5, 0.6) is 0 Å². The average Bonchev–Trinajstić information content (AvgIpc) is 2.68. The Morgan fingerprint density at radius 3 is 1.30 bits per heavy atom. The van der Waals surface area contributed by atoms with Crippen LogP contribution in [-0.4, -0.2) is 8.07 Å². The lowest BCUT2D eigenvalue weighted by atomic mass is 10.0. The monoisotopic (exact) mass is 388 g/mol. The molecule has 0 fully saturated rings. The molecular weight excluding hydrogens is 340 g/mol. The molecule has 0 N–H and O–H groups in total.